The Hall–Kier alpha value is -0.420. The van der Waals surface area contributed by atoms with Crippen molar-refractivity contribution in [3.63, 3.8) is 0 Å². The number of ether oxygens (including phenoxy) is 3. The average Bonchev–Trinajstić information content (AvgIpc) is 3.06. The fraction of sp³-hybridized carbons (Fsp3) is 0.917. The van der Waals surface area contributed by atoms with Gasteiger partial charge in [-0.1, -0.05) is 39.8 Å². The molecule has 1 saturated carbocycles. The molecular formula is C24H47NO3. The first kappa shape index (κ1) is 25.6. The predicted octanol–water partition coefficient (Wildman–Crippen LogP) is 5.67. The van der Waals surface area contributed by atoms with E-state index in [1.807, 2.05) is 13.8 Å². The summed E-state index contributed by atoms with van der Waals surface area (Å²) in [6.07, 6.45) is 8.34. The first-order valence-corrected chi connectivity index (χ1v) is 11.6. The lowest BCUT2D eigenvalue weighted by atomic mass is 9.81. The monoisotopic (exact) mass is 397 g/mol. The Labute approximate surface area is 175 Å². The number of methoxy groups -OCH3 is 1. The molecule has 0 bridgehead atoms. The molecule has 1 heterocycles. The highest BCUT2D eigenvalue weighted by atomic mass is 16.7. The minimum absolute atomic E-state index is 0.242. The zero-order valence-corrected chi connectivity index (χ0v) is 19.6. The maximum absolute atomic E-state index is 6.43. The maximum atomic E-state index is 6.43. The molecule has 1 saturated heterocycles. The van der Waals surface area contributed by atoms with Crippen LogP contribution in [0.3, 0.4) is 0 Å². The second-order valence-corrected chi connectivity index (χ2v) is 8.90. The minimum atomic E-state index is -0.270. The smallest absolute Gasteiger partial charge is 0.168 e. The molecule has 1 unspecified atom stereocenters. The standard InChI is InChI=1S/C22H41NO3.C2H6/c1-18(2)15-20-7-10-22(11-8-20)25-17-21(26-22)9-13-23(16-19(3)4)12-6-14-24-5;1-2/h18,20-21H,3,6-17H2,1-2,4-5H3;1-2H3. The molecule has 0 aromatic carbocycles. The lowest BCUT2D eigenvalue weighted by molar-refractivity contribution is -0.193. The topological polar surface area (TPSA) is 30.9 Å². The number of hydrogen-bond acceptors (Lipinski definition) is 4. The molecule has 0 N–H and O–H groups in total. The van der Waals surface area contributed by atoms with Gasteiger partial charge >= 0.3 is 0 Å². The summed E-state index contributed by atoms with van der Waals surface area (Å²) in [5, 5.41) is 0. The summed E-state index contributed by atoms with van der Waals surface area (Å²) in [5.41, 5.74) is 1.21. The Kier molecular flexibility index (Phi) is 12.6. The zero-order chi connectivity index (χ0) is 21.0. The molecule has 166 valence electrons. The summed E-state index contributed by atoms with van der Waals surface area (Å²) in [5.74, 6) is 1.39. The molecule has 1 aliphatic carbocycles. The third-order valence-electron chi connectivity index (χ3n) is 5.67. The summed E-state index contributed by atoms with van der Waals surface area (Å²) < 4.78 is 17.8. The Morgan fingerprint density at radius 2 is 1.89 bits per heavy atom. The van der Waals surface area contributed by atoms with Crippen LogP contribution in [0.4, 0.5) is 0 Å². The normalized spacial score (nSPS) is 27.3. The molecule has 2 rings (SSSR count). The molecule has 0 aromatic rings. The van der Waals surface area contributed by atoms with Crippen LogP contribution >= 0.6 is 0 Å². The van der Waals surface area contributed by atoms with Crippen LogP contribution in [-0.2, 0) is 14.2 Å². The van der Waals surface area contributed by atoms with Crippen LogP contribution in [0.15, 0.2) is 12.2 Å². The van der Waals surface area contributed by atoms with Gasteiger partial charge in [-0.05, 0) is 50.9 Å². The van der Waals surface area contributed by atoms with E-state index >= 15 is 0 Å². The summed E-state index contributed by atoms with van der Waals surface area (Å²) in [6.45, 7) is 19.4. The first-order chi connectivity index (χ1) is 13.4. The van der Waals surface area contributed by atoms with Crippen molar-refractivity contribution < 1.29 is 14.2 Å². The van der Waals surface area contributed by atoms with Crippen LogP contribution in [0.5, 0.6) is 0 Å². The van der Waals surface area contributed by atoms with Gasteiger partial charge in [0.05, 0.1) is 12.7 Å². The van der Waals surface area contributed by atoms with Crippen LogP contribution in [0.1, 0.15) is 79.6 Å². The van der Waals surface area contributed by atoms with Crippen molar-refractivity contribution >= 4 is 0 Å². The molecule has 0 aromatic heterocycles. The van der Waals surface area contributed by atoms with Gasteiger partial charge in [0.1, 0.15) is 0 Å². The highest BCUT2D eigenvalue weighted by molar-refractivity contribution is 4.92. The van der Waals surface area contributed by atoms with E-state index in [4.69, 9.17) is 14.2 Å². The molecule has 1 atom stereocenters. The van der Waals surface area contributed by atoms with Gasteiger partial charge in [-0.15, -0.1) is 0 Å². The van der Waals surface area contributed by atoms with E-state index < -0.39 is 0 Å². The second kappa shape index (κ2) is 13.7. The Balaban J connectivity index is 0.00000190. The molecule has 4 heteroatoms. The summed E-state index contributed by atoms with van der Waals surface area (Å²) in [4.78, 5) is 2.47. The van der Waals surface area contributed by atoms with Crippen LogP contribution in [-0.4, -0.2) is 56.7 Å². The van der Waals surface area contributed by atoms with E-state index in [1.165, 1.54) is 24.8 Å². The predicted molar refractivity (Wildman–Crippen MR) is 119 cm³/mol. The molecule has 0 amide bonds. The highest BCUT2D eigenvalue weighted by Crippen LogP contribution is 2.42. The zero-order valence-electron chi connectivity index (χ0n) is 19.6. The van der Waals surface area contributed by atoms with Crippen LogP contribution in [0.2, 0.25) is 0 Å². The molecule has 4 nitrogen and oxygen atoms in total. The van der Waals surface area contributed by atoms with Crippen LogP contribution in [0, 0.1) is 11.8 Å². The van der Waals surface area contributed by atoms with E-state index in [0.29, 0.717) is 0 Å². The van der Waals surface area contributed by atoms with Crippen LogP contribution < -0.4 is 0 Å². The number of rotatable bonds is 11. The third kappa shape index (κ3) is 9.39. The van der Waals surface area contributed by atoms with Crippen molar-refractivity contribution in [3.05, 3.63) is 12.2 Å². The van der Waals surface area contributed by atoms with Gasteiger partial charge < -0.3 is 14.2 Å². The molecule has 0 radical (unpaired) electrons. The first-order valence-electron chi connectivity index (χ1n) is 11.6. The van der Waals surface area contributed by atoms with Crippen molar-refractivity contribution in [3.8, 4) is 0 Å². The second-order valence-electron chi connectivity index (χ2n) is 8.90. The molecular weight excluding hydrogens is 350 g/mol. The van der Waals surface area contributed by atoms with E-state index in [2.05, 4.69) is 32.3 Å². The fourth-order valence-corrected chi connectivity index (χ4v) is 4.45. The van der Waals surface area contributed by atoms with Gasteiger partial charge in [0.15, 0.2) is 5.79 Å². The fourth-order valence-electron chi connectivity index (χ4n) is 4.45. The van der Waals surface area contributed by atoms with Crippen molar-refractivity contribution in [2.45, 2.75) is 91.5 Å². The third-order valence-corrected chi connectivity index (χ3v) is 5.67. The van der Waals surface area contributed by atoms with Gasteiger partial charge in [0.25, 0.3) is 0 Å². The van der Waals surface area contributed by atoms with Crippen molar-refractivity contribution in [1.29, 1.82) is 0 Å². The van der Waals surface area contributed by atoms with Gasteiger partial charge in [-0.2, -0.15) is 0 Å². The van der Waals surface area contributed by atoms with E-state index in [0.717, 1.165) is 70.4 Å². The molecule has 2 fully saturated rings. The van der Waals surface area contributed by atoms with Crippen molar-refractivity contribution in [2.75, 3.05) is 40.0 Å². The summed E-state index contributed by atoms with van der Waals surface area (Å²) in [7, 11) is 1.77. The lowest BCUT2D eigenvalue weighted by Crippen LogP contribution is -2.36. The number of hydrogen-bond donors (Lipinski definition) is 0. The molecule has 1 aliphatic heterocycles. The SMILES string of the molecule is C=C(C)CN(CCCOC)CCC1COC2(CCC(CC(C)C)CC2)O1.CC. The molecule has 1 spiro atoms. The maximum Gasteiger partial charge on any atom is 0.168 e. The van der Waals surface area contributed by atoms with Crippen molar-refractivity contribution in [1.82, 2.24) is 4.90 Å². The highest BCUT2D eigenvalue weighted by Gasteiger charge is 2.43. The average molecular weight is 398 g/mol. The van der Waals surface area contributed by atoms with Crippen LogP contribution in [0.25, 0.3) is 0 Å². The Morgan fingerprint density at radius 3 is 2.46 bits per heavy atom. The molecule has 28 heavy (non-hydrogen) atoms. The summed E-state index contributed by atoms with van der Waals surface area (Å²) >= 11 is 0. The Morgan fingerprint density at radius 1 is 1.21 bits per heavy atom. The summed E-state index contributed by atoms with van der Waals surface area (Å²) in [6, 6.07) is 0. The largest absolute Gasteiger partial charge is 0.385 e. The van der Waals surface area contributed by atoms with Crippen molar-refractivity contribution in [2.24, 2.45) is 11.8 Å². The number of nitrogens with zero attached hydrogens (tertiary/aromatic N) is 1. The molecule has 2 aliphatic rings. The van der Waals surface area contributed by atoms with Gasteiger partial charge in [-0.25, -0.2) is 0 Å². The lowest BCUT2D eigenvalue weighted by Gasteiger charge is -2.36. The quantitative estimate of drug-likeness (QED) is 0.332. The Bertz CT molecular complexity index is 416. The van der Waals surface area contributed by atoms with E-state index in [-0.39, 0.29) is 11.9 Å². The van der Waals surface area contributed by atoms with E-state index in [9.17, 15) is 0 Å². The van der Waals surface area contributed by atoms with Gasteiger partial charge in [-0.3, -0.25) is 4.90 Å². The van der Waals surface area contributed by atoms with Gasteiger partial charge in [0.2, 0.25) is 0 Å². The minimum Gasteiger partial charge on any atom is -0.385 e. The van der Waals surface area contributed by atoms with Gasteiger partial charge in [0, 0.05) is 46.2 Å². The van der Waals surface area contributed by atoms with E-state index in [1.54, 1.807) is 7.11 Å².